The monoisotopic (exact) mass is 348 g/mol. The highest BCUT2D eigenvalue weighted by atomic mass is 15.3. The molecule has 25 heavy (non-hydrogen) atoms. The van der Waals surface area contributed by atoms with Gasteiger partial charge in [-0.1, -0.05) is 13.8 Å². The van der Waals surface area contributed by atoms with E-state index in [0.717, 1.165) is 70.4 Å². The van der Waals surface area contributed by atoms with Gasteiger partial charge in [0.2, 0.25) is 0 Å². The molecule has 1 aromatic rings. The van der Waals surface area contributed by atoms with Gasteiger partial charge in [-0.2, -0.15) is 0 Å². The molecule has 1 unspecified atom stereocenters. The minimum Gasteiger partial charge on any atom is -0.357 e. The van der Waals surface area contributed by atoms with E-state index >= 15 is 0 Å². The lowest BCUT2D eigenvalue weighted by Crippen LogP contribution is -2.43. The van der Waals surface area contributed by atoms with Crippen LogP contribution < -0.4 is 5.32 Å². The summed E-state index contributed by atoms with van der Waals surface area (Å²) in [6, 6.07) is 0.670. The molecule has 6 heteroatoms. The maximum atomic E-state index is 4.87. The molecule has 1 aromatic heterocycles. The van der Waals surface area contributed by atoms with Crippen molar-refractivity contribution in [1.29, 1.82) is 0 Å². The molecule has 0 saturated carbocycles. The molecule has 1 aliphatic heterocycles. The fourth-order valence-electron chi connectivity index (χ4n) is 3.62. The Morgan fingerprint density at radius 3 is 2.76 bits per heavy atom. The average Bonchev–Trinajstić information content (AvgIpc) is 3.25. The third-order valence-electron chi connectivity index (χ3n) is 5.12. The van der Waals surface area contributed by atoms with Gasteiger partial charge in [0, 0.05) is 51.2 Å². The van der Waals surface area contributed by atoms with Crippen molar-refractivity contribution in [3.05, 3.63) is 18.2 Å². The number of likely N-dealkylation sites (tertiary alicyclic amines) is 1. The molecule has 0 aromatic carbocycles. The van der Waals surface area contributed by atoms with E-state index in [4.69, 9.17) is 4.99 Å². The molecule has 1 aliphatic rings. The highest BCUT2D eigenvalue weighted by Crippen LogP contribution is 2.15. The van der Waals surface area contributed by atoms with Gasteiger partial charge in [-0.3, -0.25) is 9.89 Å². The van der Waals surface area contributed by atoms with E-state index in [1.165, 1.54) is 6.42 Å². The minimum atomic E-state index is 0.670. The number of likely N-dealkylation sites (N-methyl/N-ethyl adjacent to an activating group) is 1. The summed E-state index contributed by atoms with van der Waals surface area (Å²) in [7, 11) is 0. The summed E-state index contributed by atoms with van der Waals surface area (Å²) in [6.07, 6.45) is 7.42. The average molecular weight is 349 g/mol. The molecule has 142 valence electrons. The molecule has 1 saturated heterocycles. The Labute approximate surface area is 153 Å². The van der Waals surface area contributed by atoms with Gasteiger partial charge in [0.05, 0.1) is 0 Å². The predicted octanol–water partition coefficient (Wildman–Crippen LogP) is 2.35. The van der Waals surface area contributed by atoms with Crippen LogP contribution in [0.25, 0.3) is 0 Å². The number of aliphatic imine (C=N–C) groups is 1. The Morgan fingerprint density at radius 1 is 1.32 bits per heavy atom. The number of unbranched alkanes of at least 4 members (excludes halogenated alkanes) is 1. The summed E-state index contributed by atoms with van der Waals surface area (Å²) in [4.78, 5) is 14.1. The lowest BCUT2D eigenvalue weighted by atomic mass is 10.2. The summed E-state index contributed by atoms with van der Waals surface area (Å²) in [5, 5.41) is 3.48. The number of nitrogens with one attached hydrogen (secondary N) is 1. The number of hydrogen-bond acceptors (Lipinski definition) is 3. The lowest BCUT2D eigenvalue weighted by Gasteiger charge is -2.27. The number of guanidine groups is 1. The van der Waals surface area contributed by atoms with E-state index in [1.54, 1.807) is 0 Å². The number of aromatic nitrogens is 2. The maximum Gasteiger partial charge on any atom is 0.193 e. The Morgan fingerprint density at radius 2 is 2.12 bits per heavy atom. The zero-order chi connectivity index (χ0) is 18.1. The Kier molecular flexibility index (Phi) is 8.25. The number of rotatable bonds is 9. The molecule has 0 bridgehead atoms. The SMILES string of the molecule is CCNC(=NCCCCn1ccnc1C)N1CCC(N(CC)CC)C1. The van der Waals surface area contributed by atoms with Crippen molar-refractivity contribution >= 4 is 5.96 Å². The molecule has 1 atom stereocenters. The van der Waals surface area contributed by atoms with Gasteiger partial charge >= 0.3 is 0 Å². The van der Waals surface area contributed by atoms with Crippen LogP contribution in [0.3, 0.4) is 0 Å². The van der Waals surface area contributed by atoms with Crippen LogP contribution in [0.5, 0.6) is 0 Å². The summed E-state index contributed by atoms with van der Waals surface area (Å²) in [5.74, 6) is 2.19. The van der Waals surface area contributed by atoms with Gasteiger partial charge in [-0.25, -0.2) is 4.98 Å². The summed E-state index contributed by atoms with van der Waals surface area (Å²) >= 11 is 0. The third-order valence-corrected chi connectivity index (χ3v) is 5.12. The maximum absolute atomic E-state index is 4.87. The molecular formula is C19H36N6. The van der Waals surface area contributed by atoms with Crippen molar-refractivity contribution in [1.82, 2.24) is 24.7 Å². The van der Waals surface area contributed by atoms with Gasteiger partial charge in [-0.05, 0) is 46.2 Å². The van der Waals surface area contributed by atoms with E-state index in [0.29, 0.717) is 6.04 Å². The molecule has 0 amide bonds. The van der Waals surface area contributed by atoms with Crippen molar-refractivity contribution < 1.29 is 0 Å². The molecule has 1 N–H and O–H groups in total. The minimum absolute atomic E-state index is 0.670. The van der Waals surface area contributed by atoms with Crippen LogP contribution in [-0.4, -0.2) is 70.6 Å². The highest BCUT2D eigenvalue weighted by molar-refractivity contribution is 5.80. The third kappa shape index (κ3) is 5.73. The molecule has 1 fully saturated rings. The van der Waals surface area contributed by atoms with Crippen molar-refractivity contribution in [2.24, 2.45) is 4.99 Å². The smallest absolute Gasteiger partial charge is 0.193 e. The molecule has 6 nitrogen and oxygen atoms in total. The van der Waals surface area contributed by atoms with Crippen LogP contribution in [-0.2, 0) is 6.54 Å². The Hall–Kier alpha value is -1.56. The second-order valence-electron chi connectivity index (χ2n) is 6.72. The van der Waals surface area contributed by atoms with Crippen molar-refractivity contribution in [2.75, 3.05) is 39.3 Å². The highest BCUT2D eigenvalue weighted by Gasteiger charge is 2.27. The normalized spacial score (nSPS) is 18.4. The van der Waals surface area contributed by atoms with Crippen molar-refractivity contribution in [3.63, 3.8) is 0 Å². The van der Waals surface area contributed by atoms with Crippen LogP contribution in [0, 0.1) is 6.92 Å². The molecule has 0 aliphatic carbocycles. The topological polar surface area (TPSA) is 48.7 Å². The quantitative estimate of drug-likeness (QED) is 0.423. The van der Waals surface area contributed by atoms with Gasteiger partial charge < -0.3 is 14.8 Å². The van der Waals surface area contributed by atoms with E-state index < -0.39 is 0 Å². The molecular weight excluding hydrogens is 312 g/mol. The van der Waals surface area contributed by atoms with Crippen molar-refractivity contribution in [3.8, 4) is 0 Å². The largest absolute Gasteiger partial charge is 0.357 e. The molecule has 0 spiro atoms. The first-order chi connectivity index (χ1) is 12.2. The predicted molar refractivity (Wildman–Crippen MR) is 105 cm³/mol. The van der Waals surface area contributed by atoms with Gasteiger partial charge in [0.1, 0.15) is 5.82 Å². The van der Waals surface area contributed by atoms with E-state index in [2.05, 4.69) is 58.6 Å². The number of hydrogen-bond donors (Lipinski definition) is 1. The second-order valence-corrected chi connectivity index (χ2v) is 6.72. The van der Waals surface area contributed by atoms with Crippen LogP contribution in [0.2, 0.25) is 0 Å². The fraction of sp³-hybridized carbons (Fsp3) is 0.789. The van der Waals surface area contributed by atoms with Gasteiger partial charge in [-0.15, -0.1) is 0 Å². The van der Waals surface area contributed by atoms with Crippen LogP contribution in [0.4, 0.5) is 0 Å². The zero-order valence-corrected chi connectivity index (χ0v) is 16.5. The van der Waals surface area contributed by atoms with E-state index in [1.807, 2.05) is 6.20 Å². The zero-order valence-electron chi connectivity index (χ0n) is 16.5. The standard InChI is InChI=1S/C19H36N6/c1-5-20-19(25-14-10-18(16-25)23(6-2)7-3)22-11-8-9-13-24-15-12-21-17(24)4/h12,15,18H,5-11,13-14,16H2,1-4H3,(H,20,22). The first-order valence-electron chi connectivity index (χ1n) is 9.94. The van der Waals surface area contributed by atoms with E-state index in [9.17, 15) is 0 Å². The van der Waals surface area contributed by atoms with Crippen LogP contribution in [0.1, 0.15) is 45.9 Å². The lowest BCUT2D eigenvalue weighted by molar-refractivity contribution is 0.223. The first-order valence-corrected chi connectivity index (χ1v) is 9.94. The number of aryl methyl sites for hydroxylation is 2. The van der Waals surface area contributed by atoms with Crippen LogP contribution in [0.15, 0.2) is 17.4 Å². The Balaban J connectivity index is 1.79. The summed E-state index contributed by atoms with van der Waals surface area (Å²) in [6.45, 7) is 16.1. The summed E-state index contributed by atoms with van der Waals surface area (Å²) in [5.41, 5.74) is 0. The summed E-state index contributed by atoms with van der Waals surface area (Å²) < 4.78 is 2.21. The molecule has 2 heterocycles. The van der Waals surface area contributed by atoms with Gasteiger partial charge in [0.25, 0.3) is 0 Å². The van der Waals surface area contributed by atoms with Crippen molar-refractivity contribution in [2.45, 2.75) is 59.5 Å². The van der Waals surface area contributed by atoms with Crippen LogP contribution >= 0.6 is 0 Å². The number of nitrogens with zero attached hydrogens (tertiary/aromatic N) is 5. The second kappa shape index (κ2) is 10.4. The number of imidazole rings is 1. The van der Waals surface area contributed by atoms with Gasteiger partial charge in [0.15, 0.2) is 5.96 Å². The molecule has 0 radical (unpaired) electrons. The Bertz CT molecular complexity index is 520. The fourth-order valence-corrected chi connectivity index (χ4v) is 3.62. The molecule has 2 rings (SSSR count). The first kappa shape index (κ1) is 19.8. The van der Waals surface area contributed by atoms with E-state index in [-0.39, 0.29) is 0 Å².